The molecule has 0 aliphatic carbocycles. The number of nitrogens with zero attached hydrogens (tertiary/aromatic N) is 3. The first-order valence-electron chi connectivity index (χ1n) is 8.54. The summed E-state index contributed by atoms with van der Waals surface area (Å²) in [5.41, 5.74) is 0.497. The van der Waals surface area contributed by atoms with Gasteiger partial charge in [-0.15, -0.1) is 5.10 Å². The van der Waals surface area contributed by atoms with Gasteiger partial charge in [-0.1, -0.05) is 23.5 Å². The molecule has 8 nitrogen and oxygen atoms in total. The third-order valence-electron chi connectivity index (χ3n) is 4.44. The number of carbonyl (C=O) groups is 3. The molecule has 0 bridgehead atoms. The Hall–Kier alpha value is -2.81. The van der Waals surface area contributed by atoms with E-state index in [2.05, 4.69) is 14.9 Å². The van der Waals surface area contributed by atoms with Crippen LogP contribution in [0.3, 0.4) is 0 Å². The van der Waals surface area contributed by atoms with Crippen molar-refractivity contribution < 1.29 is 19.1 Å². The second-order valence-corrected chi connectivity index (χ2v) is 7.41. The van der Waals surface area contributed by atoms with Crippen molar-refractivity contribution in [2.24, 2.45) is 0 Å². The van der Waals surface area contributed by atoms with Crippen LogP contribution >= 0.6 is 11.5 Å². The maximum absolute atomic E-state index is 13.1. The van der Waals surface area contributed by atoms with Gasteiger partial charge in [0.2, 0.25) is 5.91 Å². The van der Waals surface area contributed by atoms with Gasteiger partial charge in [-0.2, -0.15) is 0 Å². The molecular formula is C18H20N4O4S. The summed E-state index contributed by atoms with van der Waals surface area (Å²) < 4.78 is 9.13. The Morgan fingerprint density at radius 2 is 2.04 bits per heavy atom. The van der Waals surface area contributed by atoms with E-state index >= 15 is 0 Å². The van der Waals surface area contributed by atoms with Gasteiger partial charge in [0.15, 0.2) is 11.0 Å². The normalized spacial score (nSPS) is 16.3. The van der Waals surface area contributed by atoms with E-state index in [4.69, 9.17) is 4.74 Å². The summed E-state index contributed by atoms with van der Waals surface area (Å²) in [7, 11) is 0. The number of ether oxygens (including phenoxy) is 1. The van der Waals surface area contributed by atoms with E-state index in [1.807, 2.05) is 6.92 Å². The lowest BCUT2D eigenvalue weighted by atomic mass is 9.95. The molecule has 27 heavy (non-hydrogen) atoms. The third-order valence-corrected chi connectivity index (χ3v) is 5.18. The van der Waals surface area contributed by atoms with Crippen LogP contribution in [0.2, 0.25) is 0 Å². The van der Waals surface area contributed by atoms with Crippen LogP contribution in [0.15, 0.2) is 24.3 Å². The van der Waals surface area contributed by atoms with Crippen molar-refractivity contribution in [2.45, 2.75) is 45.8 Å². The molecule has 2 heterocycles. The van der Waals surface area contributed by atoms with Crippen molar-refractivity contribution in [2.75, 3.05) is 10.2 Å². The molecule has 0 radical (unpaired) electrons. The Balaban J connectivity index is 1.87. The molecule has 0 fully saturated rings. The summed E-state index contributed by atoms with van der Waals surface area (Å²) in [6.45, 7) is 6.64. The number of benzene rings is 1. The predicted molar refractivity (Wildman–Crippen MR) is 101 cm³/mol. The zero-order valence-corrected chi connectivity index (χ0v) is 16.3. The first-order chi connectivity index (χ1) is 12.8. The Kier molecular flexibility index (Phi) is 4.97. The molecule has 0 saturated heterocycles. The van der Waals surface area contributed by atoms with Crippen molar-refractivity contribution in [1.29, 1.82) is 0 Å². The van der Waals surface area contributed by atoms with Gasteiger partial charge in [0.1, 0.15) is 5.54 Å². The second-order valence-electron chi connectivity index (χ2n) is 6.65. The molecule has 2 amide bonds. The maximum Gasteiger partial charge on any atom is 0.352 e. The monoisotopic (exact) mass is 388 g/mol. The number of amides is 2. The van der Waals surface area contributed by atoms with Gasteiger partial charge in [-0.3, -0.25) is 14.5 Å². The molecule has 1 aliphatic rings. The molecule has 142 valence electrons. The Labute approximate surface area is 160 Å². The number of para-hydroxylation sites is 2. The van der Waals surface area contributed by atoms with E-state index in [0.717, 1.165) is 11.5 Å². The van der Waals surface area contributed by atoms with Crippen molar-refractivity contribution in [3.8, 4) is 0 Å². The van der Waals surface area contributed by atoms with Crippen LogP contribution in [0.4, 0.5) is 11.4 Å². The number of aryl methyl sites for hydroxylation is 1. The molecule has 3 rings (SSSR count). The van der Waals surface area contributed by atoms with Gasteiger partial charge in [-0.05, 0) is 50.9 Å². The molecule has 2 aromatic rings. The first-order valence-corrected chi connectivity index (χ1v) is 9.31. The highest BCUT2D eigenvalue weighted by Crippen LogP contribution is 2.37. The van der Waals surface area contributed by atoms with E-state index in [0.29, 0.717) is 23.5 Å². The molecule has 0 unspecified atom stereocenters. The quantitative estimate of drug-likeness (QED) is 0.807. The number of rotatable bonds is 4. The number of fused-ring (bicyclic) bond motifs is 1. The summed E-state index contributed by atoms with van der Waals surface area (Å²) in [5.74, 6) is -1.44. The molecule has 1 N–H and O–H groups in total. The Morgan fingerprint density at radius 3 is 2.74 bits per heavy atom. The summed E-state index contributed by atoms with van der Waals surface area (Å²) >= 11 is 0.936. The van der Waals surface area contributed by atoms with E-state index in [9.17, 15) is 14.4 Å². The number of hydrogen-bond donors (Lipinski definition) is 1. The molecule has 1 atom stereocenters. The minimum atomic E-state index is -1.13. The number of carbonyl (C=O) groups excluding carboxylic acids is 3. The average Bonchev–Trinajstić information content (AvgIpc) is 3.11. The number of hydrogen-bond acceptors (Lipinski definition) is 7. The first kappa shape index (κ1) is 19.0. The predicted octanol–water partition coefficient (Wildman–Crippen LogP) is 2.41. The van der Waals surface area contributed by atoms with Crippen LogP contribution in [-0.4, -0.2) is 39.0 Å². The summed E-state index contributed by atoms with van der Waals surface area (Å²) in [5, 5.41) is 6.68. The van der Waals surface area contributed by atoms with Crippen LogP contribution in [-0.2, 0) is 20.7 Å². The van der Waals surface area contributed by atoms with E-state index in [1.165, 1.54) is 11.8 Å². The van der Waals surface area contributed by atoms with Gasteiger partial charge in [0.05, 0.1) is 17.1 Å². The minimum absolute atomic E-state index is 0.285. The molecule has 1 aromatic carbocycles. The Bertz CT molecular complexity index is 908. The lowest BCUT2D eigenvalue weighted by Crippen LogP contribution is -2.60. The summed E-state index contributed by atoms with van der Waals surface area (Å²) in [4.78, 5) is 39.7. The number of nitrogens with one attached hydrogen (secondary N) is 1. The van der Waals surface area contributed by atoms with Crippen molar-refractivity contribution in [3.63, 3.8) is 0 Å². The van der Waals surface area contributed by atoms with Gasteiger partial charge >= 0.3 is 5.97 Å². The fourth-order valence-electron chi connectivity index (χ4n) is 2.89. The van der Waals surface area contributed by atoms with Crippen LogP contribution in [0.5, 0.6) is 0 Å². The zero-order chi connectivity index (χ0) is 19.8. The van der Waals surface area contributed by atoms with E-state index in [-0.39, 0.29) is 10.8 Å². The van der Waals surface area contributed by atoms with Gasteiger partial charge in [0.25, 0.3) is 5.91 Å². The average molecular weight is 388 g/mol. The van der Waals surface area contributed by atoms with Crippen molar-refractivity contribution in [3.05, 3.63) is 34.8 Å². The lowest BCUT2D eigenvalue weighted by Gasteiger charge is -2.42. The second kappa shape index (κ2) is 7.07. The highest BCUT2D eigenvalue weighted by molar-refractivity contribution is 7.07. The van der Waals surface area contributed by atoms with Gasteiger partial charge < -0.3 is 10.1 Å². The Morgan fingerprint density at radius 1 is 1.33 bits per heavy atom. The highest BCUT2D eigenvalue weighted by Gasteiger charge is 2.45. The smallest absolute Gasteiger partial charge is 0.352 e. The molecule has 0 spiro atoms. The van der Waals surface area contributed by atoms with Crippen LogP contribution in [0.25, 0.3) is 0 Å². The van der Waals surface area contributed by atoms with E-state index in [1.54, 1.807) is 38.1 Å². The highest BCUT2D eigenvalue weighted by atomic mass is 32.1. The fourth-order valence-corrected chi connectivity index (χ4v) is 3.52. The maximum atomic E-state index is 13.1. The topological polar surface area (TPSA) is 101 Å². The van der Waals surface area contributed by atoms with Gasteiger partial charge in [-0.25, -0.2) is 4.79 Å². The number of esters is 1. The van der Waals surface area contributed by atoms with Crippen molar-refractivity contribution in [1.82, 2.24) is 9.59 Å². The summed E-state index contributed by atoms with van der Waals surface area (Å²) in [6, 6.07) is 7.01. The standard InChI is InChI=1S/C18H20N4O4S/c1-5-11-14(27-21-20-11)16(24)26-10(2)15(23)22-13-9-7-6-8-12(13)19-17(25)18(22,3)4/h6-10H,5H2,1-4H3,(H,19,25)/t10-/m0/s1. The van der Waals surface area contributed by atoms with E-state index < -0.39 is 23.5 Å². The van der Waals surface area contributed by atoms with Crippen LogP contribution in [0, 0.1) is 0 Å². The summed E-state index contributed by atoms with van der Waals surface area (Å²) in [6.07, 6.45) is -0.543. The molecule has 0 saturated carbocycles. The SMILES string of the molecule is CCc1nnsc1C(=O)O[C@@H](C)C(=O)N1c2ccccc2NC(=O)C1(C)C. The third kappa shape index (κ3) is 3.30. The molecule has 9 heteroatoms. The zero-order valence-electron chi connectivity index (χ0n) is 15.5. The molecule has 1 aromatic heterocycles. The largest absolute Gasteiger partial charge is 0.448 e. The van der Waals surface area contributed by atoms with Crippen LogP contribution in [0.1, 0.15) is 43.1 Å². The van der Waals surface area contributed by atoms with Crippen LogP contribution < -0.4 is 10.2 Å². The van der Waals surface area contributed by atoms with Crippen molar-refractivity contribution >= 4 is 40.7 Å². The minimum Gasteiger partial charge on any atom is -0.448 e. The van der Waals surface area contributed by atoms with Gasteiger partial charge in [0, 0.05) is 0 Å². The fraction of sp³-hybridized carbons (Fsp3) is 0.389. The number of aromatic nitrogens is 2. The lowest BCUT2D eigenvalue weighted by molar-refractivity contribution is -0.131. The molecule has 1 aliphatic heterocycles. The molecular weight excluding hydrogens is 368 g/mol. The number of anilines is 2.